The third kappa shape index (κ3) is 2.76. The van der Waals surface area contributed by atoms with Crippen molar-refractivity contribution < 1.29 is 9.47 Å². The van der Waals surface area contributed by atoms with E-state index in [1.807, 2.05) is 0 Å². The van der Waals surface area contributed by atoms with Crippen LogP contribution in [0.1, 0.15) is 52.4 Å². The molecular weight excluding hydrogens is 202 g/mol. The van der Waals surface area contributed by atoms with Gasteiger partial charge < -0.3 is 15.2 Å². The predicted molar refractivity (Wildman–Crippen MR) is 64.4 cm³/mol. The van der Waals surface area contributed by atoms with Crippen LogP contribution in [0.5, 0.6) is 0 Å². The summed E-state index contributed by atoms with van der Waals surface area (Å²) in [6.45, 7) is 5.58. The van der Waals surface area contributed by atoms with Gasteiger partial charge in [-0.05, 0) is 33.1 Å². The molecule has 1 saturated heterocycles. The predicted octanol–water partition coefficient (Wildman–Crippen LogP) is 2.23. The normalized spacial score (nSPS) is 29.8. The number of hydrogen-bond donors (Lipinski definition) is 1. The molecule has 1 spiro atoms. The molecule has 0 aromatic rings. The first-order valence-corrected chi connectivity index (χ1v) is 6.57. The van der Waals surface area contributed by atoms with Crippen molar-refractivity contribution in [3.8, 4) is 0 Å². The highest BCUT2D eigenvalue weighted by atomic mass is 16.5. The van der Waals surface area contributed by atoms with Crippen LogP contribution in [0.4, 0.5) is 0 Å². The van der Waals surface area contributed by atoms with Crippen LogP contribution in [0.3, 0.4) is 0 Å². The maximum atomic E-state index is 6.11. The Balaban J connectivity index is 1.91. The lowest BCUT2D eigenvalue weighted by atomic mass is 9.90. The minimum atomic E-state index is -0.193. The van der Waals surface area contributed by atoms with E-state index in [0.717, 1.165) is 19.4 Å². The molecule has 1 unspecified atom stereocenters. The molecule has 1 aliphatic carbocycles. The number of hydrogen-bond acceptors (Lipinski definition) is 3. The number of rotatable bonds is 3. The Morgan fingerprint density at radius 2 is 2.06 bits per heavy atom. The minimum absolute atomic E-state index is 0.146. The molecule has 0 aromatic heterocycles. The summed E-state index contributed by atoms with van der Waals surface area (Å²) in [4.78, 5) is 0. The molecule has 2 N–H and O–H groups in total. The van der Waals surface area contributed by atoms with E-state index in [0.29, 0.717) is 12.6 Å². The van der Waals surface area contributed by atoms with Crippen molar-refractivity contribution >= 4 is 0 Å². The fourth-order valence-electron chi connectivity index (χ4n) is 2.95. The Hall–Kier alpha value is -0.120. The molecule has 1 atom stereocenters. The lowest BCUT2D eigenvalue weighted by molar-refractivity contribution is -0.162. The van der Waals surface area contributed by atoms with Crippen molar-refractivity contribution in [2.45, 2.75) is 69.7 Å². The number of nitrogens with two attached hydrogens (primary N) is 1. The summed E-state index contributed by atoms with van der Waals surface area (Å²) in [5.41, 5.74) is 5.67. The van der Waals surface area contributed by atoms with Gasteiger partial charge in [-0.25, -0.2) is 0 Å². The molecule has 1 aliphatic heterocycles. The first-order valence-electron chi connectivity index (χ1n) is 6.57. The van der Waals surface area contributed by atoms with Crippen LogP contribution in [-0.4, -0.2) is 30.5 Å². The van der Waals surface area contributed by atoms with Gasteiger partial charge in [-0.1, -0.05) is 12.8 Å². The van der Waals surface area contributed by atoms with Gasteiger partial charge in [0.05, 0.1) is 17.3 Å². The highest BCUT2D eigenvalue weighted by molar-refractivity contribution is 4.92. The van der Waals surface area contributed by atoms with Crippen LogP contribution in [0, 0.1) is 0 Å². The van der Waals surface area contributed by atoms with E-state index < -0.39 is 0 Å². The highest BCUT2D eigenvalue weighted by Crippen LogP contribution is 2.41. The Bertz CT molecular complexity index is 234. The van der Waals surface area contributed by atoms with Gasteiger partial charge in [0.1, 0.15) is 0 Å². The Morgan fingerprint density at radius 1 is 1.38 bits per heavy atom. The molecule has 2 fully saturated rings. The second-order valence-electron chi connectivity index (χ2n) is 5.94. The molecule has 0 bridgehead atoms. The lowest BCUT2D eigenvalue weighted by Gasteiger charge is -2.41. The standard InChI is InChI=1S/C13H25NO2/c1-12(2,10-14)16-11-5-8-15-13(9-11)6-3-4-7-13/h11H,3-10,14H2,1-2H3. The third-order valence-corrected chi connectivity index (χ3v) is 3.94. The molecule has 0 radical (unpaired) electrons. The van der Waals surface area contributed by atoms with Crippen LogP contribution in [0.2, 0.25) is 0 Å². The van der Waals surface area contributed by atoms with Gasteiger partial charge in [0.25, 0.3) is 0 Å². The van der Waals surface area contributed by atoms with Gasteiger partial charge in [-0.15, -0.1) is 0 Å². The van der Waals surface area contributed by atoms with Gasteiger partial charge in [-0.3, -0.25) is 0 Å². The summed E-state index contributed by atoms with van der Waals surface area (Å²) >= 11 is 0. The zero-order chi connectivity index (χ0) is 11.6. The number of ether oxygens (including phenoxy) is 2. The van der Waals surface area contributed by atoms with Crippen LogP contribution in [-0.2, 0) is 9.47 Å². The van der Waals surface area contributed by atoms with Crippen molar-refractivity contribution in [3.63, 3.8) is 0 Å². The average Bonchev–Trinajstić information content (AvgIpc) is 2.66. The molecular formula is C13H25NO2. The third-order valence-electron chi connectivity index (χ3n) is 3.94. The van der Waals surface area contributed by atoms with Gasteiger partial charge in [0.2, 0.25) is 0 Å². The van der Waals surface area contributed by atoms with Crippen molar-refractivity contribution in [1.82, 2.24) is 0 Å². The van der Waals surface area contributed by atoms with Gasteiger partial charge in [0.15, 0.2) is 0 Å². The lowest BCUT2D eigenvalue weighted by Crippen LogP contribution is -2.45. The zero-order valence-corrected chi connectivity index (χ0v) is 10.6. The molecule has 94 valence electrons. The summed E-state index contributed by atoms with van der Waals surface area (Å²) < 4.78 is 12.1. The van der Waals surface area contributed by atoms with E-state index in [2.05, 4.69) is 13.8 Å². The second-order valence-corrected chi connectivity index (χ2v) is 5.94. The average molecular weight is 227 g/mol. The molecule has 1 heterocycles. The summed E-state index contributed by atoms with van der Waals surface area (Å²) in [7, 11) is 0. The van der Waals surface area contributed by atoms with E-state index in [9.17, 15) is 0 Å². The largest absolute Gasteiger partial charge is 0.375 e. The molecule has 1 saturated carbocycles. The van der Waals surface area contributed by atoms with Crippen molar-refractivity contribution in [2.75, 3.05) is 13.2 Å². The van der Waals surface area contributed by atoms with Crippen LogP contribution < -0.4 is 5.73 Å². The van der Waals surface area contributed by atoms with E-state index in [1.54, 1.807) is 0 Å². The molecule has 0 aromatic carbocycles. The molecule has 3 nitrogen and oxygen atoms in total. The minimum Gasteiger partial charge on any atom is -0.375 e. The van der Waals surface area contributed by atoms with E-state index in [1.165, 1.54) is 25.7 Å². The van der Waals surface area contributed by atoms with Gasteiger partial charge in [-0.2, -0.15) is 0 Å². The van der Waals surface area contributed by atoms with E-state index in [4.69, 9.17) is 15.2 Å². The maximum absolute atomic E-state index is 6.11. The summed E-state index contributed by atoms with van der Waals surface area (Å²) in [6.07, 6.45) is 7.48. The summed E-state index contributed by atoms with van der Waals surface area (Å²) in [6, 6.07) is 0. The first-order chi connectivity index (χ1) is 7.55. The fraction of sp³-hybridized carbons (Fsp3) is 1.00. The van der Waals surface area contributed by atoms with Crippen molar-refractivity contribution in [1.29, 1.82) is 0 Å². The van der Waals surface area contributed by atoms with E-state index in [-0.39, 0.29) is 11.2 Å². The quantitative estimate of drug-likeness (QED) is 0.804. The fourth-order valence-corrected chi connectivity index (χ4v) is 2.95. The topological polar surface area (TPSA) is 44.5 Å². The zero-order valence-electron chi connectivity index (χ0n) is 10.6. The van der Waals surface area contributed by atoms with Crippen LogP contribution in [0.15, 0.2) is 0 Å². The SMILES string of the molecule is CC(C)(CN)OC1CCOC2(CCCC2)C1. The van der Waals surface area contributed by atoms with Crippen molar-refractivity contribution in [2.24, 2.45) is 5.73 Å². The van der Waals surface area contributed by atoms with Crippen LogP contribution >= 0.6 is 0 Å². The maximum Gasteiger partial charge on any atom is 0.0751 e. The molecule has 2 aliphatic rings. The smallest absolute Gasteiger partial charge is 0.0751 e. The van der Waals surface area contributed by atoms with E-state index >= 15 is 0 Å². The first kappa shape index (κ1) is 12.3. The summed E-state index contributed by atoms with van der Waals surface area (Å²) in [5, 5.41) is 0. The Morgan fingerprint density at radius 3 is 2.69 bits per heavy atom. The Labute approximate surface area is 98.7 Å². The van der Waals surface area contributed by atoms with Gasteiger partial charge >= 0.3 is 0 Å². The Kier molecular flexibility index (Phi) is 3.57. The van der Waals surface area contributed by atoms with Crippen molar-refractivity contribution in [3.05, 3.63) is 0 Å². The summed E-state index contributed by atoms with van der Waals surface area (Å²) in [5.74, 6) is 0. The highest BCUT2D eigenvalue weighted by Gasteiger charge is 2.41. The molecule has 3 heteroatoms. The second kappa shape index (κ2) is 4.63. The molecule has 2 rings (SSSR count). The molecule has 0 amide bonds. The van der Waals surface area contributed by atoms with Crippen LogP contribution in [0.25, 0.3) is 0 Å². The van der Waals surface area contributed by atoms with Gasteiger partial charge in [0, 0.05) is 19.6 Å². The molecule has 16 heavy (non-hydrogen) atoms. The monoisotopic (exact) mass is 227 g/mol.